The predicted molar refractivity (Wildman–Crippen MR) is 100 cm³/mol. The topological polar surface area (TPSA) is 106 Å². The van der Waals surface area contributed by atoms with Crippen molar-refractivity contribution in [1.29, 1.82) is 0 Å². The lowest BCUT2D eigenvalue weighted by atomic mass is 10.1. The summed E-state index contributed by atoms with van der Waals surface area (Å²) in [6.45, 7) is 1.83. The van der Waals surface area contributed by atoms with Crippen molar-refractivity contribution in [1.82, 2.24) is 10.1 Å². The first kappa shape index (κ1) is 18.8. The second-order valence-electron chi connectivity index (χ2n) is 6.15. The summed E-state index contributed by atoms with van der Waals surface area (Å²) in [6.07, 6.45) is 0. The molecule has 0 fully saturated rings. The Balaban J connectivity index is 1.78. The zero-order chi connectivity index (χ0) is 19.6. The van der Waals surface area contributed by atoms with Crippen LogP contribution in [0.1, 0.15) is 29.1 Å². The van der Waals surface area contributed by atoms with E-state index in [0.29, 0.717) is 5.69 Å². The molecule has 3 aromatic rings. The summed E-state index contributed by atoms with van der Waals surface area (Å²) >= 11 is 0. The van der Waals surface area contributed by atoms with Crippen LogP contribution < -0.4 is 5.14 Å². The van der Waals surface area contributed by atoms with Gasteiger partial charge in [0.15, 0.2) is 0 Å². The van der Waals surface area contributed by atoms with Crippen LogP contribution in [0.15, 0.2) is 70.1 Å². The number of hydrogen-bond donors (Lipinski definition) is 1. The number of aromatic nitrogens is 1. The maximum atomic E-state index is 12.7. The molecule has 2 N–H and O–H groups in total. The normalized spacial score (nSPS) is 12.6. The van der Waals surface area contributed by atoms with Gasteiger partial charge in [0, 0.05) is 18.7 Å². The fourth-order valence-electron chi connectivity index (χ4n) is 2.63. The van der Waals surface area contributed by atoms with Crippen molar-refractivity contribution in [3.05, 3.63) is 72.0 Å². The van der Waals surface area contributed by atoms with E-state index in [1.54, 1.807) is 25.2 Å². The number of amides is 1. The average Bonchev–Trinajstić information content (AvgIpc) is 3.16. The van der Waals surface area contributed by atoms with E-state index in [9.17, 15) is 13.2 Å². The lowest BCUT2D eigenvalue weighted by molar-refractivity contribution is 0.0700. The summed E-state index contributed by atoms with van der Waals surface area (Å²) in [6, 6.07) is 16.8. The minimum absolute atomic E-state index is 0.0233. The van der Waals surface area contributed by atoms with Crippen molar-refractivity contribution in [2.75, 3.05) is 7.05 Å². The molecule has 27 heavy (non-hydrogen) atoms. The molecule has 1 aromatic heterocycles. The molecule has 0 radical (unpaired) electrons. The zero-order valence-electron chi connectivity index (χ0n) is 14.9. The highest BCUT2D eigenvalue weighted by atomic mass is 32.2. The zero-order valence-corrected chi connectivity index (χ0v) is 15.7. The average molecular weight is 385 g/mol. The highest BCUT2D eigenvalue weighted by molar-refractivity contribution is 7.89. The highest BCUT2D eigenvalue weighted by Gasteiger charge is 2.23. The van der Waals surface area contributed by atoms with Gasteiger partial charge in [-0.25, -0.2) is 13.6 Å². The van der Waals surface area contributed by atoms with Gasteiger partial charge in [0.2, 0.25) is 15.8 Å². The molecule has 0 aliphatic carbocycles. The van der Waals surface area contributed by atoms with Gasteiger partial charge in [0.05, 0.1) is 10.9 Å². The van der Waals surface area contributed by atoms with Crippen molar-refractivity contribution in [3.63, 3.8) is 0 Å². The van der Waals surface area contributed by atoms with Gasteiger partial charge in [-0.3, -0.25) is 4.79 Å². The molecule has 0 saturated carbocycles. The molecule has 0 bridgehead atoms. The monoisotopic (exact) mass is 385 g/mol. The fraction of sp³-hybridized carbons (Fsp3) is 0.158. The Hall–Kier alpha value is -2.97. The number of sulfonamides is 1. The number of nitrogens with two attached hydrogens (primary N) is 1. The third-order valence-electron chi connectivity index (χ3n) is 4.38. The molecule has 8 heteroatoms. The Bertz CT molecular complexity index is 1040. The summed E-state index contributed by atoms with van der Waals surface area (Å²) in [4.78, 5) is 14.2. The minimum atomic E-state index is -3.75. The lowest BCUT2D eigenvalue weighted by Crippen LogP contribution is -2.29. The Morgan fingerprint density at radius 3 is 2.33 bits per heavy atom. The number of benzene rings is 2. The molecule has 1 atom stereocenters. The Morgan fingerprint density at radius 1 is 1.11 bits per heavy atom. The number of nitrogens with zero attached hydrogens (tertiary/aromatic N) is 2. The van der Waals surface area contributed by atoms with Crippen molar-refractivity contribution in [2.24, 2.45) is 5.14 Å². The molecular formula is C19H19N3O4S. The number of carbonyl (C=O) groups excluding carboxylic acids is 1. The van der Waals surface area contributed by atoms with E-state index in [0.717, 1.165) is 11.1 Å². The molecule has 0 aliphatic heterocycles. The van der Waals surface area contributed by atoms with Gasteiger partial charge in [0.25, 0.3) is 5.91 Å². The number of rotatable bonds is 5. The van der Waals surface area contributed by atoms with E-state index in [4.69, 9.17) is 9.66 Å². The quantitative estimate of drug-likeness (QED) is 0.727. The minimum Gasteiger partial charge on any atom is -0.350 e. The van der Waals surface area contributed by atoms with Crippen LogP contribution in [-0.2, 0) is 10.0 Å². The van der Waals surface area contributed by atoms with Gasteiger partial charge < -0.3 is 9.42 Å². The summed E-state index contributed by atoms with van der Waals surface area (Å²) in [5.41, 5.74) is 2.20. The van der Waals surface area contributed by atoms with E-state index >= 15 is 0 Å². The predicted octanol–water partition coefficient (Wildman–Crippen LogP) is 2.82. The first-order chi connectivity index (χ1) is 12.8. The lowest BCUT2D eigenvalue weighted by Gasteiger charge is -2.24. The summed E-state index contributed by atoms with van der Waals surface area (Å²) in [5, 5.41) is 9.06. The van der Waals surface area contributed by atoms with Crippen molar-refractivity contribution >= 4 is 15.9 Å². The van der Waals surface area contributed by atoms with E-state index < -0.39 is 10.0 Å². The SMILES string of the molecule is CC(c1ccc(S(N)(=O)=O)cc1)N(C)C(=O)c1cc(-c2ccccc2)no1. The first-order valence-corrected chi connectivity index (χ1v) is 9.74. The third-order valence-corrected chi connectivity index (χ3v) is 5.31. The van der Waals surface area contributed by atoms with Crippen LogP contribution in [0.4, 0.5) is 0 Å². The van der Waals surface area contributed by atoms with Gasteiger partial charge in [-0.1, -0.05) is 47.6 Å². The van der Waals surface area contributed by atoms with Crippen LogP contribution >= 0.6 is 0 Å². The van der Waals surface area contributed by atoms with E-state index in [2.05, 4.69) is 5.16 Å². The second-order valence-corrected chi connectivity index (χ2v) is 7.71. The van der Waals surface area contributed by atoms with Gasteiger partial charge >= 0.3 is 0 Å². The summed E-state index contributed by atoms with van der Waals surface area (Å²) < 4.78 is 27.9. The van der Waals surface area contributed by atoms with Gasteiger partial charge in [-0.2, -0.15) is 0 Å². The second kappa shape index (κ2) is 7.34. The molecule has 2 aromatic carbocycles. The smallest absolute Gasteiger partial charge is 0.292 e. The van der Waals surface area contributed by atoms with E-state index in [-0.39, 0.29) is 22.6 Å². The molecule has 3 rings (SSSR count). The molecule has 1 heterocycles. The highest BCUT2D eigenvalue weighted by Crippen LogP contribution is 2.24. The molecule has 1 unspecified atom stereocenters. The van der Waals surface area contributed by atoms with Crippen LogP contribution in [0.25, 0.3) is 11.3 Å². The Labute approximate surface area is 157 Å². The number of hydrogen-bond acceptors (Lipinski definition) is 5. The Morgan fingerprint density at radius 2 is 1.74 bits per heavy atom. The maximum absolute atomic E-state index is 12.7. The summed E-state index contributed by atoms with van der Waals surface area (Å²) in [7, 11) is -2.11. The van der Waals surface area contributed by atoms with Gasteiger partial charge in [0.1, 0.15) is 5.69 Å². The molecule has 0 aliphatic rings. The third kappa shape index (κ3) is 4.07. The first-order valence-electron chi connectivity index (χ1n) is 8.19. The van der Waals surface area contributed by atoms with Crippen molar-refractivity contribution in [3.8, 4) is 11.3 Å². The molecule has 140 valence electrons. The van der Waals surface area contributed by atoms with E-state index in [1.165, 1.54) is 17.0 Å². The Kier molecular flexibility index (Phi) is 5.11. The van der Waals surface area contributed by atoms with Gasteiger partial charge in [-0.05, 0) is 24.6 Å². The fourth-order valence-corrected chi connectivity index (χ4v) is 3.15. The van der Waals surface area contributed by atoms with Crippen LogP contribution in [0, 0.1) is 0 Å². The van der Waals surface area contributed by atoms with Crippen LogP contribution in [0.2, 0.25) is 0 Å². The van der Waals surface area contributed by atoms with Crippen molar-refractivity contribution < 1.29 is 17.7 Å². The molecule has 7 nitrogen and oxygen atoms in total. The largest absolute Gasteiger partial charge is 0.350 e. The number of primary sulfonamides is 1. The number of carbonyl (C=O) groups is 1. The van der Waals surface area contributed by atoms with Crippen LogP contribution in [0.3, 0.4) is 0 Å². The summed E-state index contributed by atoms with van der Waals surface area (Å²) in [5.74, 6) is -0.197. The van der Waals surface area contributed by atoms with E-state index in [1.807, 2.05) is 37.3 Å². The molecular weight excluding hydrogens is 366 g/mol. The van der Waals surface area contributed by atoms with Crippen molar-refractivity contribution in [2.45, 2.75) is 17.9 Å². The standard InChI is InChI=1S/C19H19N3O4S/c1-13(14-8-10-16(11-9-14)27(20,24)25)22(2)19(23)18-12-17(21-26-18)15-6-4-3-5-7-15/h3-13H,1-2H3,(H2,20,24,25). The van der Waals surface area contributed by atoms with Gasteiger partial charge in [-0.15, -0.1) is 0 Å². The molecule has 0 saturated heterocycles. The molecule has 1 amide bonds. The van der Waals surface area contributed by atoms with Crippen LogP contribution in [-0.4, -0.2) is 31.4 Å². The van der Waals surface area contributed by atoms with Crippen LogP contribution in [0.5, 0.6) is 0 Å². The maximum Gasteiger partial charge on any atom is 0.292 e. The molecule has 0 spiro atoms.